The fourth-order valence-electron chi connectivity index (χ4n) is 2.31. The summed E-state index contributed by atoms with van der Waals surface area (Å²) in [5, 5.41) is 0. The Balaban J connectivity index is 2.50. The Labute approximate surface area is 88.9 Å². The van der Waals surface area contributed by atoms with Crippen molar-refractivity contribution in [1.82, 2.24) is 0 Å². The molecule has 0 aromatic carbocycles. The molecule has 1 saturated carbocycles. The minimum absolute atomic E-state index is 0.274. The molecule has 0 N–H and O–H groups in total. The summed E-state index contributed by atoms with van der Waals surface area (Å²) in [6, 6.07) is 0. The summed E-state index contributed by atoms with van der Waals surface area (Å²) in [6.07, 6.45) is 6.71. The third-order valence-corrected chi connectivity index (χ3v) is 4.62. The molecular weight excluding hydrogens is 176 g/mol. The second kappa shape index (κ2) is 3.84. The Morgan fingerprint density at radius 2 is 1.77 bits per heavy atom. The average Bonchev–Trinajstić information content (AvgIpc) is 2.04. The van der Waals surface area contributed by atoms with Crippen LogP contribution in [0.2, 0.25) is 0 Å². The van der Waals surface area contributed by atoms with Crippen LogP contribution in [0.3, 0.4) is 0 Å². The highest BCUT2D eigenvalue weighted by atomic mass is 32.1. The van der Waals surface area contributed by atoms with Crippen LogP contribution in [-0.4, -0.2) is 4.75 Å². The first-order valence-corrected chi connectivity index (χ1v) is 6.04. The van der Waals surface area contributed by atoms with Crippen LogP contribution < -0.4 is 0 Å². The number of rotatable bonds is 2. The summed E-state index contributed by atoms with van der Waals surface area (Å²) < 4.78 is 0.274. The fraction of sp³-hybridized carbons (Fsp3) is 1.00. The predicted molar refractivity (Wildman–Crippen MR) is 63.4 cm³/mol. The van der Waals surface area contributed by atoms with Crippen molar-refractivity contribution in [2.75, 3.05) is 0 Å². The second-order valence-corrected chi connectivity index (χ2v) is 6.67. The lowest BCUT2D eigenvalue weighted by molar-refractivity contribution is 0.166. The smallest absolute Gasteiger partial charge is 0.0127 e. The summed E-state index contributed by atoms with van der Waals surface area (Å²) in [4.78, 5) is 0. The molecule has 0 aliphatic heterocycles. The lowest BCUT2D eigenvalue weighted by Crippen LogP contribution is -2.33. The van der Waals surface area contributed by atoms with Crippen LogP contribution in [-0.2, 0) is 0 Å². The van der Waals surface area contributed by atoms with Crippen LogP contribution in [0, 0.1) is 11.3 Å². The highest BCUT2D eigenvalue weighted by Gasteiger charge is 2.35. The van der Waals surface area contributed by atoms with Crippen LogP contribution in [0.5, 0.6) is 0 Å². The van der Waals surface area contributed by atoms with Crippen LogP contribution in [0.1, 0.15) is 59.8 Å². The highest BCUT2D eigenvalue weighted by molar-refractivity contribution is 7.81. The maximum absolute atomic E-state index is 4.79. The molecular formula is C12H24S. The number of hydrogen-bond donors (Lipinski definition) is 1. The van der Waals surface area contributed by atoms with E-state index < -0.39 is 0 Å². The Kier molecular flexibility index (Phi) is 3.38. The van der Waals surface area contributed by atoms with Gasteiger partial charge in [-0.25, -0.2) is 0 Å². The van der Waals surface area contributed by atoms with Gasteiger partial charge in [0.15, 0.2) is 0 Å². The third kappa shape index (κ3) is 2.90. The Hall–Kier alpha value is 0.350. The van der Waals surface area contributed by atoms with Crippen molar-refractivity contribution in [2.24, 2.45) is 11.3 Å². The molecule has 0 bridgehead atoms. The normalized spacial score (nSPS) is 28.4. The van der Waals surface area contributed by atoms with E-state index in [9.17, 15) is 0 Å². The zero-order valence-electron chi connectivity index (χ0n) is 9.56. The van der Waals surface area contributed by atoms with Gasteiger partial charge in [-0.05, 0) is 43.4 Å². The van der Waals surface area contributed by atoms with E-state index in [1.165, 1.54) is 32.1 Å². The molecule has 1 unspecified atom stereocenters. The molecule has 1 aliphatic carbocycles. The van der Waals surface area contributed by atoms with E-state index in [2.05, 4.69) is 27.7 Å². The highest BCUT2D eigenvalue weighted by Crippen LogP contribution is 2.44. The monoisotopic (exact) mass is 200 g/mol. The molecule has 0 aromatic rings. The van der Waals surface area contributed by atoms with Crippen molar-refractivity contribution in [3.63, 3.8) is 0 Å². The largest absolute Gasteiger partial charge is 0.173 e. The van der Waals surface area contributed by atoms with E-state index in [1.807, 2.05) is 0 Å². The molecule has 78 valence electrons. The van der Waals surface area contributed by atoms with Crippen LogP contribution in [0.4, 0.5) is 0 Å². The summed E-state index contributed by atoms with van der Waals surface area (Å²) >= 11 is 4.79. The van der Waals surface area contributed by atoms with Gasteiger partial charge in [-0.1, -0.05) is 27.7 Å². The zero-order chi connectivity index (χ0) is 10.1. The van der Waals surface area contributed by atoms with Crippen LogP contribution in [0.25, 0.3) is 0 Å². The molecule has 0 nitrogen and oxygen atoms in total. The summed E-state index contributed by atoms with van der Waals surface area (Å²) in [5.41, 5.74) is 0.591. The molecule has 0 heterocycles. The van der Waals surface area contributed by atoms with Crippen molar-refractivity contribution in [2.45, 2.75) is 64.5 Å². The lowest BCUT2D eigenvalue weighted by Gasteiger charge is -2.41. The summed E-state index contributed by atoms with van der Waals surface area (Å²) in [5.74, 6) is 0.842. The molecule has 0 saturated heterocycles. The SMILES string of the molecule is CCC(C)(S)C1CCC(C)(C)CC1. The summed E-state index contributed by atoms with van der Waals surface area (Å²) in [7, 11) is 0. The zero-order valence-corrected chi connectivity index (χ0v) is 10.5. The van der Waals surface area contributed by atoms with Gasteiger partial charge in [-0.15, -0.1) is 0 Å². The fourth-order valence-corrected chi connectivity index (χ4v) is 2.57. The van der Waals surface area contributed by atoms with E-state index in [-0.39, 0.29) is 4.75 Å². The molecule has 0 spiro atoms. The maximum atomic E-state index is 4.79. The van der Waals surface area contributed by atoms with Crippen molar-refractivity contribution in [3.05, 3.63) is 0 Å². The van der Waals surface area contributed by atoms with Crippen molar-refractivity contribution in [3.8, 4) is 0 Å². The minimum atomic E-state index is 0.274. The molecule has 0 aromatic heterocycles. The molecule has 1 rings (SSSR count). The van der Waals surface area contributed by atoms with E-state index in [1.54, 1.807) is 0 Å². The maximum Gasteiger partial charge on any atom is 0.0127 e. The third-order valence-electron chi connectivity index (χ3n) is 3.93. The van der Waals surface area contributed by atoms with Crippen molar-refractivity contribution in [1.29, 1.82) is 0 Å². The van der Waals surface area contributed by atoms with Gasteiger partial charge in [0.2, 0.25) is 0 Å². The molecule has 0 amide bonds. The Bertz CT molecular complexity index is 160. The molecule has 1 fully saturated rings. The van der Waals surface area contributed by atoms with Gasteiger partial charge >= 0.3 is 0 Å². The molecule has 13 heavy (non-hydrogen) atoms. The summed E-state index contributed by atoms with van der Waals surface area (Å²) in [6.45, 7) is 9.35. The van der Waals surface area contributed by atoms with E-state index in [4.69, 9.17) is 12.6 Å². The first-order chi connectivity index (χ1) is 5.87. The second-order valence-electron chi connectivity index (χ2n) is 5.65. The number of hydrogen-bond acceptors (Lipinski definition) is 1. The van der Waals surface area contributed by atoms with Crippen molar-refractivity contribution >= 4 is 12.6 Å². The van der Waals surface area contributed by atoms with Gasteiger partial charge in [0, 0.05) is 4.75 Å². The quantitative estimate of drug-likeness (QED) is 0.631. The van der Waals surface area contributed by atoms with Crippen molar-refractivity contribution < 1.29 is 0 Å². The number of thiol groups is 1. The Morgan fingerprint density at radius 3 is 2.15 bits per heavy atom. The first kappa shape index (κ1) is 11.4. The van der Waals surface area contributed by atoms with Gasteiger partial charge in [-0.2, -0.15) is 12.6 Å². The van der Waals surface area contributed by atoms with Gasteiger partial charge in [0.25, 0.3) is 0 Å². The molecule has 1 atom stereocenters. The van der Waals surface area contributed by atoms with Gasteiger partial charge < -0.3 is 0 Å². The van der Waals surface area contributed by atoms with E-state index in [0.29, 0.717) is 5.41 Å². The van der Waals surface area contributed by atoms with Crippen LogP contribution >= 0.6 is 12.6 Å². The first-order valence-electron chi connectivity index (χ1n) is 5.60. The van der Waals surface area contributed by atoms with Gasteiger partial charge in [0.05, 0.1) is 0 Å². The van der Waals surface area contributed by atoms with Gasteiger partial charge in [-0.3, -0.25) is 0 Å². The minimum Gasteiger partial charge on any atom is -0.173 e. The standard InChI is InChI=1S/C12H24S/c1-5-12(4,13)10-6-8-11(2,3)9-7-10/h10,13H,5-9H2,1-4H3. The molecule has 1 aliphatic rings. The van der Waals surface area contributed by atoms with Gasteiger partial charge in [0.1, 0.15) is 0 Å². The van der Waals surface area contributed by atoms with Crippen LogP contribution in [0.15, 0.2) is 0 Å². The van der Waals surface area contributed by atoms with E-state index in [0.717, 1.165) is 5.92 Å². The molecule has 0 radical (unpaired) electrons. The van der Waals surface area contributed by atoms with E-state index >= 15 is 0 Å². The predicted octanol–water partition coefficient (Wildman–Crippen LogP) is 4.30. The Morgan fingerprint density at radius 1 is 1.31 bits per heavy atom. The molecule has 1 heteroatoms. The average molecular weight is 200 g/mol. The lowest BCUT2D eigenvalue weighted by atomic mass is 9.69. The topological polar surface area (TPSA) is 0 Å².